The van der Waals surface area contributed by atoms with E-state index in [0.29, 0.717) is 11.7 Å². The molecule has 0 amide bonds. The normalized spacial score (nSPS) is 14.8. The van der Waals surface area contributed by atoms with Crippen LogP contribution in [0.15, 0.2) is 96.7 Å². The van der Waals surface area contributed by atoms with Crippen LogP contribution in [0, 0.1) is 6.92 Å². The first-order valence-corrected chi connectivity index (χ1v) is 12.0. The number of methoxy groups -OCH3 is 2. The molecule has 2 aromatic heterocycles. The molecule has 10 heteroatoms. The standard InChI is InChI=1S/C28H25N7O3/c1-19-25(27(33-18-29-17-30-33)35(31-19)22-7-5-4-6-8-22)28-34(21-11-15-24(37-3)16-12-21)26(32-38-28)20-9-13-23(36-2)14-10-20/h4-18,28H,1-3H3. The summed E-state index contributed by atoms with van der Waals surface area (Å²) in [6, 6.07) is 25.4. The van der Waals surface area contributed by atoms with Gasteiger partial charge >= 0.3 is 0 Å². The van der Waals surface area contributed by atoms with Crippen molar-refractivity contribution in [2.75, 3.05) is 19.1 Å². The number of aromatic nitrogens is 5. The van der Waals surface area contributed by atoms with E-state index < -0.39 is 6.23 Å². The van der Waals surface area contributed by atoms with E-state index in [1.54, 1.807) is 25.2 Å². The highest BCUT2D eigenvalue weighted by Crippen LogP contribution is 2.40. The topological polar surface area (TPSA) is 91.8 Å². The molecule has 0 aliphatic carbocycles. The lowest BCUT2D eigenvalue weighted by Crippen LogP contribution is -2.32. The molecule has 1 aliphatic heterocycles. The average Bonchev–Trinajstić information content (AvgIpc) is 3.72. The van der Waals surface area contributed by atoms with Gasteiger partial charge < -0.3 is 14.3 Å². The average molecular weight is 508 g/mol. The Morgan fingerprint density at radius 3 is 2.13 bits per heavy atom. The number of para-hydroxylation sites is 1. The molecule has 5 aromatic rings. The summed E-state index contributed by atoms with van der Waals surface area (Å²) in [4.78, 5) is 12.4. The van der Waals surface area contributed by atoms with Crippen LogP contribution in [0.25, 0.3) is 11.5 Å². The van der Waals surface area contributed by atoms with Gasteiger partial charge in [-0.3, -0.25) is 4.90 Å². The molecule has 1 atom stereocenters. The maximum Gasteiger partial charge on any atom is 0.237 e. The number of ether oxygens (including phenoxy) is 2. The molecule has 0 bridgehead atoms. The van der Waals surface area contributed by atoms with Crippen LogP contribution >= 0.6 is 0 Å². The van der Waals surface area contributed by atoms with Crippen molar-refractivity contribution in [3.05, 3.63) is 108 Å². The first-order valence-electron chi connectivity index (χ1n) is 12.0. The van der Waals surface area contributed by atoms with E-state index in [2.05, 4.69) is 15.2 Å². The van der Waals surface area contributed by atoms with E-state index in [0.717, 1.165) is 39.7 Å². The third-order valence-electron chi connectivity index (χ3n) is 6.37. The second kappa shape index (κ2) is 9.74. The van der Waals surface area contributed by atoms with Crippen LogP contribution in [-0.4, -0.2) is 44.6 Å². The summed E-state index contributed by atoms with van der Waals surface area (Å²) in [5, 5.41) is 13.9. The van der Waals surface area contributed by atoms with Crippen LogP contribution < -0.4 is 14.4 Å². The number of aryl methyl sites for hydroxylation is 1. The molecule has 0 spiro atoms. The molecule has 0 saturated carbocycles. The Morgan fingerprint density at radius 2 is 1.50 bits per heavy atom. The number of oxime groups is 1. The lowest BCUT2D eigenvalue weighted by Gasteiger charge is -2.26. The lowest BCUT2D eigenvalue weighted by molar-refractivity contribution is 0.0862. The van der Waals surface area contributed by atoms with Crippen molar-refractivity contribution in [2.24, 2.45) is 5.16 Å². The van der Waals surface area contributed by atoms with Gasteiger partial charge in [-0.05, 0) is 67.6 Å². The molecule has 3 heterocycles. The third-order valence-corrected chi connectivity index (χ3v) is 6.37. The molecule has 1 unspecified atom stereocenters. The zero-order valence-electron chi connectivity index (χ0n) is 21.1. The molecule has 190 valence electrons. The molecular weight excluding hydrogens is 482 g/mol. The van der Waals surface area contributed by atoms with Gasteiger partial charge in [-0.25, -0.2) is 14.3 Å². The Kier molecular flexibility index (Phi) is 5.97. The second-order valence-corrected chi connectivity index (χ2v) is 8.58. The molecule has 0 N–H and O–H groups in total. The van der Waals surface area contributed by atoms with Crippen LogP contribution in [-0.2, 0) is 4.84 Å². The van der Waals surface area contributed by atoms with Crippen molar-refractivity contribution in [3.8, 4) is 23.0 Å². The number of amidine groups is 1. The summed E-state index contributed by atoms with van der Waals surface area (Å²) in [6.07, 6.45) is 2.52. The zero-order chi connectivity index (χ0) is 26.1. The van der Waals surface area contributed by atoms with Gasteiger partial charge in [0.2, 0.25) is 6.23 Å². The van der Waals surface area contributed by atoms with Crippen molar-refractivity contribution in [1.82, 2.24) is 24.5 Å². The van der Waals surface area contributed by atoms with Crippen LogP contribution in [0.2, 0.25) is 0 Å². The van der Waals surface area contributed by atoms with Gasteiger partial charge in [-0.2, -0.15) is 10.2 Å². The van der Waals surface area contributed by atoms with Gasteiger partial charge in [0.25, 0.3) is 0 Å². The second-order valence-electron chi connectivity index (χ2n) is 8.58. The first-order chi connectivity index (χ1) is 18.7. The summed E-state index contributed by atoms with van der Waals surface area (Å²) in [7, 11) is 3.29. The molecule has 10 nitrogen and oxygen atoms in total. The summed E-state index contributed by atoms with van der Waals surface area (Å²) in [6.45, 7) is 1.95. The maximum atomic E-state index is 6.19. The van der Waals surface area contributed by atoms with Gasteiger partial charge in [0.15, 0.2) is 11.7 Å². The third kappa shape index (κ3) is 4.01. The minimum atomic E-state index is -0.628. The molecule has 0 saturated heterocycles. The lowest BCUT2D eigenvalue weighted by atomic mass is 10.1. The van der Waals surface area contributed by atoms with Crippen molar-refractivity contribution >= 4 is 11.5 Å². The number of benzene rings is 3. The molecule has 0 radical (unpaired) electrons. The van der Waals surface area contributed by atoms with Crippen LogP contribution in [0.1, 0.15) is 23.0 Å². The predicted octanol–water partition coefficient (Wildman–Crippen LogP) is 4.68. The van der Waals surface area contributed by atoms with E-state index in [1.165, 1.54) is 6.33 Å². The van der Waals surface area contributed by atoms with Gasteiger partial charge in [0.05, 0.1) is 31.2 Å². The minimum Gasteiger partial charge on any atom is -0.497 e. The summed E-state index contributed by atoms with van der Waals surface area (Å²) in [5.74, 6) is 2.87. The predicted molar refractivity (Wildman–Crippen MR) is 142 cm³/mol. The highest BCUT2D eigenvalue weighted by Gasteiger charge is 2.39. The summed E-state index contributed by atoms with van der Waals surface area (Å²) < 4.78 is 14.3. The summed E-state index contributed by atoms with van der Waals surface area (Å²) >= 11 is 0. The molecule has 38 heavy (non-hydrogen) atoms. The monoisotopic (exact) mass is 507 g/mol. The van der Waals surface area contributed by atoms with Gasteiger partial charge in [0, 0.05) is 11.3 Å². The molecule has 0 fully saturated rings. The number of hydrogen-bond acceptors (Lipinski definition) is 8. The Balaban J connectivity index is 1.52. The highest BCUT2D eigenvalue weighted by molar-refractivity contribution is 6.11. The molecule has 6 rings (SSSR count). The van der Waals surface area contributed by atoms with Gasteiger partial charge in [0.1, 0.15) is 24.2 Å². The zero-order valence-corrected chi connectivity index (χ0v) is 21.1. The van der Waals surface area contributed by atoms with Crippen LogP contribution in [0.3, 0.4) is 0 Å². The fraction of sp³-hybridized carbons (Fsp3) is 0.143. The number of anilines is 1. The quantitative estimate of drug-likeness (QED) is 0.316. The fourth-order valence-corrected chi connectivity index (χ4v) is 4.52. The minimum absolute atomic E-state index is 0.628. The number of hydrogen-bond donors (Lipinski definition) is 0. The van der Waals surface area contributed by atoms with E-state index in [4.69, 9.17) is 19.4 Å². The Labute approximate surface area is 219 Å². The Bertz CT molecular complexity index is 1560. The SMILES string of the molecule is COc1ccc(C2=NOC(c3c(C)nn(-c4ccccc4)c3-n3cncn3)N2c2ccc(OC)cc2)cc1. The van der Waals surface area contributed by atoms with Crippen molar-refractivity contribution in [1.29, 1.82) is 0 Å². The first kappa shape index (κ1) is 23.3. The summed E-state index contributed by atoms with van der Waals surface area (Å²) in [5.41, 5.74) is 4.22. The highest BCUT2D eigenvalue weighted by atomic mass is 16.7. The Morgan fingerprint density at radius 1 is 0.816 bits per heavy atom. The van der Waals surface area contributed by atoms with Crippen LogP contribution in [0.4, 0.5) is 5.69 Å². The molecular formula is C28H25N7O3. The smallest absolute Gasteiger partial charge is 0.237 e. The van der Waals surface area contributed by atoms with E-state index in [-0.39, 0.29) is 0 Å². The van der Waals surface area contributed by atoms with Crippen molar-refractivity contribution in [3.63, 3.8) is 0 Å². The largest absolute Gasteiger partial charge is 0.497 e. The van der Waals surface area contributed by atoms with E-state index >= 15 is 0 Å². The fourth-order valence-electron chi connectivity index (χ4n) is 4.52. The van der Waals surface area contributed by atoms with Crippen molar-refractivity contribution < 1.29 is 14.3 Å². The molecule has 3 aromatic carbocycles. The maximum absolute atomic E-state index is 6.19. The van der Waals surface area contributed by atoms with Crippen molar-refractivity contribution in [2.45, 2.75) is 13.2 Å². The number of rotatable bonds is 7. The Hall–Kier alpha value is -5.12. The van der Waals surface area contributed by atoms with Gasteiger partial charge in [-0.15, -0.1) is 0 Å². The van der Waals surface area contributed by atoms with E-state index in [1.807, 2.05) is 95.4 Å². The van der Waals surface area contributed by atoms with E-state index in [9.17, 15) is 0 Å². The van der Waals surface area contributed by atoms with Crippen LogP contribution in [0.5, 0.6) is 11.5 Å². The number of nitrogens with zero attached hydrogens (tertiary/aromatic N) is 7. The molecule has 1 aliphatic rings. The van der Waals surface area contributed by atoms with Gasteiger partial charge in [-0.1, -0.05) is 23.4 Å².